The summed E-state index contributed by atoms with van der Waals surface area (Å²) < 4.78 is 0. The number of hydrogen-bond acceptors (Lipinski definition) is 4. The van der Waals surface area contributed by atoms with Crippen molar-refractivity contribution in [3.05, 3.63) is 83.3 Å². The zero-order chi connectivity index (χ0) is 20.8. The number of aryl methyl sites for hydroxylation is 2. The molecular weight excluding hydrogens is 360 g/mol. The highest BCUT2D eigenvalue weighted by Crippen LogP contribution is 2.19. The lowest BCUT2D eigenvalue weighted by Gasteiger charge is -2.06. The molecule has 0 aliphatic rings. The summed E-state index contributed by atoms with van der Waals surface area (Å²) in [7, 11) is 0. The highest BCUT2D eigenvalue weighted by Gasteiger charge is 2.14. The zero-order valence-electron chi connectivity index (χ0n) is 17.2. The normalized spacial score (nSPS) is 10.9. The van der Waals surface area contributed by atoms with Crippen LogP contribution in [0.2, 0.25) is 0 Å². The maximum atomic E-state index is 12.5. The minimum Gasteiger partial charge on any atom is -0.292 e. The molecule has 4 nitrogen and oxygen atoms in total. The average Bonchev–Trinajstić information content (AvgIpc) is 2.72. The summed E-state index contributed by atoms with van der Waals surface area (Å²) in [5.41, 5.74) is 4.92. The van der Waals surface area contributed by atoms with Crippen molar-refractivity contribution in [1.82, 2.24) is 9.97 Å². The SMILES string of the molecule is Cc1cccc(-c2ccc(CCC(=O)c3cccc(C(=O)CC(C)C)n3)cn2)c1. The number of rotatable bonds is 8. The summed E-state index contributed by atoms with van der Waals surface area (Å²) in [6.07, 6.45) is 3.18. The molecule has 0 unspecified atom stereocenters. The Morgan fingerprint density at radius 2 is 1.66 bits per heavy atom. The molecule has 0 saturated carbocycles. The number of Topliss-reactive ketones (excluding diaryl/α,β-unsaturated/α-hetero) is 2. The standard InChI is InChI=1S/C25H26N2O2/c1-17(2)14-25(29)23-9-5-8-22(27-23)24(28)13-11-19-10-12-21(26-16-19)20-7-4-6-18(3)15-20/h4-10,12,15-17H,11,13-14H2,1-3H3. The van der Waals surface area contributed by atoms with Gasteiger partial charge in [0.25, 0.3) is 0 Å². The third kappa shape index (κ3) is 5.67. The van der Waals surface area contributed by atoms with Gasteiger partial charge < -0.3 is 0 Å². The Bertz CT molecular complexity index is 1010. The van der Waals surface area contributed by atoms with E-state index in [1.165, 1.54) is 5.56 Å². The van der Waals surface area contributed by atoms with Crippen LogP contribution in [0.5, 0.6) is 0 Å². The van der Waals surface area contributed by atoms with Crippen LogP contribution in [-0.2, 0) is 6.42 Å². The van der Waals surface area contributed by atoms with Crippen molar-refractivity contribution in [2.75, 3.05) is 0 Å². The third-order valence-electron chi connectivity index (χ3n) is 4.69. The Kier molecular flexibility index (Phi) is 6.65. The molecule has 3 aromatic rings. The van der Waals surface area contributed by atoms with E-state index in [2.05, 4.69) is 29.0 Å². The second-order valence-corrected chi connectivity index (χ2v) is 7.77. The van der Waals surface area contributed by atoms with Gasteiger partial charge in [-0.15, -0.1) is 0 Å². The molecule has 0 bridgehead atoms. The summed E-state index contributed by atoms with van der Waals surface area (Å²) in [6, 6.07) is 17.3. The lowest BCUT2D eigenvalue weighted by molar-refractivity contribution is 0.0962. The Morgan fingerprint density at radius 3 is 2.31 bits per heavy atom. The van der Waals surface area contributed by atoms with Crippen LogP contribution in [0.1, 0.15) is 58.8 Å². The molecular formula is C25H26N2O2. The Hall–Kier alpha value is -3.14. The number of nitrogens with zero attached hydrogens (tertiary/aromatic N) is 2. The highest BCUT2D eigenvalue weighted by atomic mass is 16.1. The number of carbonyl (C=O) groups excluding carboxylic acids is 2. The highest BCUT2D eigenvalue weighted by molar-refractivity contribution is 5.98. The minimum absolute atomic E-state index is 0.0226. The molecule has 0 N–H and O–H groups in total. The van der Waals surface area contributed by atoms with E-state index < -0.39 is 0 Å². The van der Waals surface area contributed by atoms with Crippen LogP contribution in [0.15, 0.2) is 60.8 Å². The molecule has 0 amide bonds. The molecule has 1 aromatic carbocycles. The van der Waals surface area contributed by atoms with Crippen LogP contribution >= 0.6 is 0 Å². The van der Waals surface area contributed by atoms with Crippen molar-refractivity contribution in [2.24, 2.45) is 5.92 Å². The van der Waals surface area contributed by atoms with Gasteiger partial charge in [0.15, 0.2) is 11.6 Å². The van der Waals surface area contributed by atoms with Crippen LogP contribution in [0.25, 0.3) is 11.3 Å². The van der Waals surface area contributed by atoms with E-state index in [0.29, 0.717) is 30.7 Å². The summed E-state index contributed by atoms with van der Waals surface area (Å²) in [4.78, 5) is 33.6. The van der Waals surface area contributed by atoms with Gasteiger partial charge in [-0.05, 0) is 49.1 Å². The lowest BCUT2D eigenvalue weighted by Crippen LogP contribution is -2.10. The van der Waals surface area contributed by atoms with Gasteiger partial charge in [-0.3, -0.25) is 14.6 Å². The quantitative estimate of drug-likeness (QED) is 0.480. The first kappa shape index (κ1) is 20.6. The molecule has 0 aliphatic heterocycles. The van der Waals surface area contributed by atoms with E-state index in [4.69, 9.17) is 0 Å². The maximum absolute atomic E-state index is 12.5. The van der Waals surface area contributed by atoms with Gasteiger partial charge in [0.05, 0.1) is 5.69 Å². The summed E-state index contributed by atoms with van der Waals surface area (Å²) in [6.45, 7) is 6.04. The second kappa shape index (κ2) is 9.37. The van der Waals surface area contributed by atoms with Crippen LogP contribution in [0.4, 0.5) is 0 Å². The molecule has 2 heterocycles. The van der Waals surface area contributed by atoms with E-state index in [-0.39, 0.29) is 17.5 Å². The number of benzene rings is 1. The first-order chi connectivity index (χ1) is 13.9. The van der Waals surface area contributed by atoms with Gasteiger partial charge in [-0.1, -0.05) is 49.7 Å². The third-order valence-corrected chi connectivity index (χ3v) is 4.69. The van der Waals surface area contributed by atoms with E-state index in [1.807, 2.05) is 44.3 Å². The zero-order valence-corrected chi connectivity index (χ0v) is 17.2. The Morgan fingerprint density at radius 1 is 0.931 bits per heavy atom. The molecule has 3 rings (SSSR count). The van der Waals surface area contributed by atoms with Gasteiger partial charge in [-0.25, -0.2) is 4.98 Å². The fraction of sp³-hybridized carbons (Fsp3) is 0.280. The molecule has 0 fully saturated rings. The summed E-state index contributed by atoms with van der Waals surface area (Å²) in [5, 5.41) is 0. The van der Waals surface area contributed by atoms with Gasteiger partial charge >= 0.3 is 0 Å². The molecule has 0 radical (unpaired) electrons. The first-order valence-electron chi connectivity index (χ1n) is 9.98. The van der Waals surface area contributed by atoms with Crippen LogP contribution in [0, 0.1) is 12.8 Å². The van der Waals surface area contributed by atoms with Crippen molar-refractivity contribution >= 4 is 11.6 Å². The largest absolute Gasteiger partial charge is 0.292 e. The van der Waals surface area contributed by atoms with Crippen molar-refractivity contribution in [3.63, 3.8) is 0 Å². The van der Waals surface area contributed by atoms with Crippen LogP contribution in [0.3, 0.4) is 0 Å². The molecule has 148 valence electrons. The second-order valence-electron chi connectivity index (χ2n) is 7.77. The Balaban J connectivity index is 1.63. The van der Waals surface area contributed by atoms with Gasteiger partial charge in [-0.2, -0.15) is 0 Å². The maximum Gasteiger partial charge on any atom is 0.181 e. The fourth-order valence-electron chi connectivity index (χ4n) is 3.15. The van der Waals surface area contributed by atoms with Crippen molar-refractivity contribution in [1.29, 1.82) is 0 Å². The minimum atomic E-state index is -0.0630. The molecule has 2 aromatic heterocycles. The molecule has 0 saturated heterocycles. The van der Waals surface area contributed by atoms with Gasteiger partial charge in [0, 0.05) is 24.6 Å². The molecule has 0 spiro atoms. The predicted octanol–water partition coefficient (Wildman–Crippen LogP) is 5.50. The first-order valence-corrected chi connectivity index (χ1v) is 9.98. The van der Waals surface area contributed by atoms with Crippen LogP contribution in [-0.4, -0.2) is 21.5 Å². The lowest BCUT2D eigenvalue weighted by atomic mass is 10.0. The molecule has 4 heteroatoms. The predicted molar refractivity (Wildman–Crippen MR) is 115 cm³/mol. The monoisotopic (exact) mass is 386 g/mol. The van der Waals surface area contributed by atoms with E-state index in [9.17, 15) is 9.59 Å². The molecule has 29 heavy (non-hydrogen) atoms. The summed E-state index contributed by atoms with van der Waals surface area (Å²) >= 11 is 0. The van der Waals surface area contributed by atoms with Crippen molar-refractivity contribution in [2.45, 2.75) is 40.0 Å². The van der Waals surface area contributed by atoms with Crippen LogP contribution < -0.4 is 0 Å². The van der Waals surface area contributed by atoms with Crippen molar-refractivity contribution in [3.8, 4) is 11.3 Å². The molecule has 0 aliphatic carbocycles. The number of carbonyl (C=O) groups is 2. The van der Waals surface area contributed by atoms with E-state index >= 15 is 0 Å². The summed E-state index contributed by atoms with van der Waals surface area (Å²) in [5.74, 6) is 0.177. The smallest absolute Gasteiger partial charge is 0.181 e. The number of aromatic nitrogens is 2. The molecule has 0 atom stereocenters. The number of pyridine rings is 2. The topological polar surface area (TPSA) is 59.9 Å². The van der Waals surface area contributed by atoms with Gasteiger partial charge in [0.2, 0.25) is 0 Å². The number of hydrogen-bond donors (Lipinski definition) is 0. The van der Waals surface area contributed by atoms with Crippen molar-refractivity contribution < 1.29 is 9.59 Å². The fourth-order valence-corrected chi connectivity index (χ4v) is 3.15. The van der Waals surface area contributed by atoms with Gasteiger partial charge in [0.1, 0.15) is 11.4 Å². The van der Waals surface area contributed by atoms with E-state index in [1.54, 1.807) is 18.2 Å². The Labute approximate surface area is 172 Å². The average molecular weight is 386 g/mol. The number of ketones is 2. The van der Waals surface area contributed by atoms with E-state index in [0.717, 1.165) is 16.8 Å².